The zero-order valence-electron chi connectivity index (χ0n) is 25.6. The Kier molecular flexibility index (Phi) is 22.7. The van der Waals surface area contributed by atoms with Crippen LogP contribution in [0.15, 0.2) is 12.2 Å². The van der Waals surface area contributed by atoms with Gasteiger partial charge >= 0.3 is 17.9 Å². The molecule has 2 atom stereocenters. The Morgan fingerprint density at radius 3 is 1.85 bits per heavy atom. The fourth-order valence-electron chi connectivity index (χ4n) is 4.34. The lowest BCUT2D eigenvalue weighted by Gasteiger charge is -2.31. The smallest absolute Gasteiger partial charge is 0.362 e. The van der Waals surface area contributed by atoms with Gasteiger partial charge in [0, 0.05) is 19.8 Å². The average Bonchev–Trinajstić information content (AvgIpc) is 2.85. The first kappa shape index (κ1) is 37.1. The second kappa shape index (κ2) is 23.9. The summed E-state index contributed by atoms with van der Waals surface area (Å²) in [4.78, 5) is 35.0. The summed E-state index contributed by atoms with van der Waals surface area (Å²) >= 11 is 0. The highest BCUT2D eigenvalue weighted by molar-refractivity contribution is 5.72. The van der Waals surface area contributed by atoms with Gasteiger partial charge in [-0.1, -0.05) is 76.9 Å². The van der Waals surface area contributed by atoms with Gasteiger partial charge in [-0.2, -0.15) is 0 Å². The van der Waals surface area contributed by atoms with Gasteiger partial charge in [0.1, 0.15) is 6.61 Å². The van der Waals surface area contributed by atoms with Crippen molar-refractivity contribution in [1.82, 2.24) is 0 Å². The number of hydrogen-bond donors (Lipinski definition) is 1. The molecule has 1 N–H and O–H groups in total. The lowest BCUT2D eigenvalue weighted by molar-refractivity contribution is -0.887. The monoisotopic (exact) mass is 556 g/mol. The predicted octanol–water partition coefficient (Wildman–Crippen LogP) is 6.46. The van der Waals surface area contributed by atoms with Gasteiger partial charge in [0.25, 0.3) is 0 Å². The van der Waals surface area contributed by atoms with Crippen molar-refractivity contribution in [2.24, 2.45) is 0 Å². The van der Waals surface area contributed by atoms with E-state index in [9.17, 15) is 19.5 Å². The zero-order valence-corrected chi connectivity index (χ0v) is 25.6. The number of ether oxygens (including phenoxy) is 3. The van der Waals surface area contributed by atoms with Crippen LogP contribution in [-0.4, -0.2) is 80.6 Å². The molecule has 0 aliphatic carbocycles. The van der Waals surface area contributed by atoms with E-state index in [0.29, 0.717) is 12.8 Å². The van der Waals surface area contributed by atoms with Crippen LogP contribution in [0.4, 0.5) is 0 Å². The quantitative estimate of drug-likeness (QED) is 0.0565. The highest BCUT2D eigenvalue weighted by Gasteiger charge is 2.31. The molecule has 0 aliphatic rings. The maximum atomic E-state index is 12.3. The number of carbonyl (C=O) groups excluding carboxylic acids is 2. The number of carbonyl (C=O) groups is 3. The minimum Gasteiger partial charge on any atom is -0.477 e. The summed E-state index contributed by atoms with van der Waals surface area (Å²) in [6, 6.07) is -0.606. The molecule has 0 aliphatic heterocycles. The highest BCUT2D eigenvalue weighted by Crippen LogP contribution is 2.12. The van der Waals surface area contributed by atoms with Crippen molar-refractivity contribution in [2.75, 3.05) is 41.0 Å². The third-order valence-corrected chi connectivity index (χ3v) is 6.72. The van der Waals surface area contributed by atoms with Crippen LogP contribution in [0.1, 0.15) is 117 Å². The Balaban J connectivity index is 4.00. The number of carboxylic acids is 1. The molecule has 8 heteroatoms. The van der Waals surface area contributed by atoms with E-state index in [2.05, 4.69) is 19.1 Å². The summed E-state index contributed by atoms with van der Waals surface area (Å²) in [7, 11) is 5.46. The van der Waals surface area contributed by atoms with Gasteiger partial charge < -0.3 is 23.8 Å². The van der Waals surface area contributed by atoms with Crippen molar-refractivity contribution in [1.29, 1.82) is 0 Å². The molecule has 0 spiro atoms. The maximum Gasteiger partial charge on any atom is 0.362 e. The second-order valence-corrected chi connectivity index (χ2v) is 11.4. The Hall–Kier alpha value is -1.93. The van der Waals surface area contributed by atoms with Gasteiger partial charge in [-0.15, -0.1) is 0 Å². The number of aliphatic carboxylic acids is 1. The van der Waals surface area contributed by atoms with Crippen molar-refractivity contribution < 1.29 is 38.2 Å². The van der Waals surface area contributed by atoms with Crippen LogP contribution < -0.4 is 0 Å². The Morgan fingerprint density at radius 2 is 1.33 bits per heavy atom. The molecule has 39 heavy (non-hydrogen) atoms. The van der Waals surface area contributed by atoms with E-state index in [-0.39, 0.29) is 30.3 Å². The zero-order chi connectivity index (χ0) is 29.4. The van der Waals surface area contributed by atoms with Crippen molar-refractivity contribution in [3.8, 4) is 0 Å². The van der Waals surface area contributed by atoms with Gasteiger partial charge in [-0.05, 0) is 32.1 Å². The topological polar surface area (TPSA) is 99.1 Å². The van der Waals surface area contributed by atoms with Crippen LogP contribution in [0.2, 0.25) is 0 Å². The van der Waals surface area contributed by atoms with Crippen molar-refractivity contribution in [3.05, 3.63) is 12.2 Å². The minimum absolute atomic E-state index is 0.0506. The number of quaternary nitrogens is 1. The van der Waals surface area contributed by atoms with Gasteiger partial charge in [-0.3, -0.25) is 9.59 Å². The molecule has 0 amide bonds. The number of carboxylic acid groups (broad SMARTS) is 1. The molecular weight excluding hydrogens is 498 g/mol. The number of esters is 2. The summed E-state index contributed by atoms with van der Waals surface area (Å²) in [5.41, 5.74) is 0. The van der Waals surface area contributed by atoms with E-state index in [1.165, 1.54) is 64.7 Å². The number of likely N-dealkylation sites (N-methyl/N-ethyl adjacent to an activating group) is 1. The third-order valence-electron chi connectivity index (χ3n) is 6.72. The van der Waals surface area contributed by atoms with E-state index >= 15 is 0 Å². The lowest BCUT2D eigenvalue weighted by Crippen LogP contribution is -2.50. The molecule has 0 aromatic carbocycles. The molecule has 0 bridgehead atoms. The van der Waals surface area contributed by atoms with E-state index in [1.54, 1.807) is 0 Å². The Labute approximate surface area is 238 Å². The third kappa shape index (κ3) is 23.7. The number of unbranched alkanes of at least 4 members (excludes halogenated alkanes) is 12. The molecule has 228 valence electrons. The van der Waals surface area contributed by atoms with Crippen molar-refractivity contribution in [3.63, 3.8) is 0 Å². The lowest BCUT2D eigenvalue weighted by atomic mass is 10.1. The first-order chi connectivity index (χ1) is 18.6. The minimum atomic E-state index is -0.885. The number of hydrogen-bond acceptors (Lipinski definition) is 6. The molecule has 0 fully saturated rings. The molecule has 0 heterocycles. The Morgan fingerprint density at radius 1 is 0.795 bits per heavy atom. The van der Waals surface area contributed by atoms with E-state index < -0.39 is 24.1 Å². The summed E-state index contributed by atoms with van der Waals surface area (Å²) in [6.07, 6.45) is 21.5. The van der Waals surface area contributed by atoms with Crippen LogP contribution >= 0.6 is 0 Å². The molecule has 0 radical (unpaired) electrons. The fraction of sp³-hybridized carbons (Fsp3) is 0.839. The number of rotatable bonds is 26. The molecule has 0 aromatic rings. The van der Waals surface area contributed by atoms with Crippen LogP contribution in [0, 0.1) is 0 Å². The summed E-state index contributed by atoms with van der Waals surface area (Å²) in [5.74, 6) is -1.68. The largest absolute Gasteiger partial charge is 0.477 e. The van der Waals surface area contributed by atoms with E-state index in [0.717, 1.165) is 32.1 Å². The maximum absolute atomic E-state index is 12.3. The van der Waals surface area contributed by atoms with Crippen molar-refractivity contribution >= 4 is 17.9 Å². The molecule has 0 rings (SSSR count). The molecule has 8 nitrogen and oxygen atoms in total. The summed E-state index contributed by atoms with van der Waals surface area (Å²) in [5, 5.41) is 9.42. The van der Waals surface area contributed by atoms with Crippen LogP contribution in [0.5, 0.6) is 0 Å². The average molecular weight is 557 g/mol. The van der Waals surface area contributed by atoms with Gasteiger partial charge in [0.05, 0.1) is 34.4 Å². The van der Waals surface area contributed by atoms with Gasteiger partial charge in [0.2, 0.25) is 0 Å². The second-order valence-electron chi connectivity index (χ2n) is 11.4. The standard InChI is InChI=1S/C31H57NO7/c1-6-7-8-9-10-11-12-13-14-15-16-17-18-19-20-21-22-30(34)39-28(26-38-27(2)33)25-37-24-23-29(31(35)36)32(3,4)5/h14-15,28-29H,6-13,16-26H2,1-5H3/p+1/b15-14-. The highest BCUT2D eigenvalue weighted by atomic mass is 16.6. The predicted molar refractivity (Wildman–Crippen MR) is 155 cm³/mol. The molecule has 0 aromatic heterocycles. The van der Waals surface area contributed by atoms with Gasteiger partial charge in [-0.25, -0.2) is 4.79 Å². The SMILES string of the molecule is CCCCCCCCC/C=C\CCCCCCCC(=O)OC(COCCC(C(=O)O)[N+](C)(C)C)COC(C)=O. The van der Waals surface area contributed by atoms with Crippen LogP contribution in [-0.2, 0) is 28.6 Å². The first-order valence-corrected chi connectivity index (χ1v) is 15.2. The molecule has 0 saturated heterocycles. The van der Waals surface area contributed by atoms with Crippen LogP contribution in [0.25, 0.3) is 0 Å². The molecule has 0 saturated carbocycles. The van der Waals surface area contributed by atoms with Crippen LogP contribution in [0.3, 0.4) is 0 Å². The normalized spacial score (nSPS) is 13.4. The molecular formula is C31H58NO7+. The first-order valence-electron chi connectivity index (χ1n) is 15.2. The van der Waals surface area contributed by atoms with E-state index in [1.807, 2.05) is 21.1 Å². The van der Waals surface area contributed by atoms with Gasteiger partial charge in [0.15, 0.2) is 12.1 Å². The van der Waals surface area contributed by atoms with Crippen molar-refractivity contribution in [2.45, 2.75) is 129 Å². The number of allylic oxidation sites excluding steroid dienone is 2. The Bertz CT molecular complexity index is 672. The number of nitrogens with zero attached hydrogens (tertiary/aromatic N) is 1. The van der Waals surface area contributed by atoms with E-state index in [4.69, 9.17) is 14.2 Å². The summed E-state index contributed by atoms with van der Waals surface area (Å²) in [6.45, 7) is 3.73. The fourth-order valence-corrected chi connectivity index (χ4v) is 4.34. The molecule has 2 unspecified atom stereocenters. The summed E-state index contributed by atoms with van der Waals surface area (Å²) < 4.78 is 16.4.